The Labute approximate surface area is 188 Å². The molecule has 0 saturated heterocycles. The van der Waals surface area contributed by atoms with E-state index in [2.05, 4.69) is 15.6 Å². The van der Waals surface area contributed by atoms with E-state index in [1.807, 2.05) is 6.92 Å². The molecule has 0 spiro atoms. The number of anilines is 3. The quantitative estimate of drug-likeness (QED) is 0.594. The summed E-state index contributed by atoms with van der Waals surface area (Å²) in [4.78, 5) is 43.7. The van der Waals surface area contributed by atoms with Crippen LogP contribution in [-0.2, 0) is 20.8 Å². The second-order valence-electron chi connectivity index (χ2n) is 7.42. The van der Waals surface area contributed by atoms with Gasteiger partial charge in [-0.15, -0.1) is 11.3 Å². The first-order valence-corrected chi connectivity index (χ1v) is 10.9. The second-order valence-corrected chi connectivity index (χ2v) is 8.51. The number of amides is 3. The first kappa shape index (κ1) is 21.6. The Morgan fingerprint density at radius 3 is 2.69 bits per heavy atom. The molecule has 3 amide bonds. The van der Waals surface area contributed by atoms with Gasteiger partial charge in [-0.2, -0.15) is 0 Å². The van der Waals surface area contributed by atoms with E-state index < -0.39 is 0 Å². The summed E-state index contributed by atoms with van der Waals surface area (Å²) in [6.07, 6.45) is 0.542. The number of hydrogen-bond acceptors (Lipinski definition) is 5. The molecule has 9 heteroatoms. The predicted octanol–water partition coefficient (Wildman–Crippen LogP) is 3.89. The molecule has 1 aliphatic heterocycles. The third-order valence-electron chi connectivity index (χ3n) is 5.05. The standard InChI is InChI=1S/C23H21FN4O3S/c1-14-19(12-15-6-8-16(24)9-7-15)32-23(25-14)27-20(29)10-11-22(31)28-13-21(30)26-17-4-2-3-5-18(17)28/h2-9H,10-13H2,1H3,(H,26,30)(H,25,27,29). The maximum absolute atomic E-state index is 13.1. The number of halogens is 1. The second kappa shape index (κ2) is 9.27. The molecule has 32 heavy (non-hydrogen) atoms. The molecule has 0 bridgehead atoms. The Hall–Kier alpha value is -3.59. The lowest BCUT2D eigenvalue weighted by atomic mass is 10.1. The molecule has 4 rings (SSSR count). The van der Waals surface area contributed by atoms with Crippen LogP contribution in [0, 0.1) is 12.7 Å². The van der Waals surface area contributed by atoms with Gasteiger partial charge in [0, 0.05) is 24.1 Å². The number of nitrogens with one attached hydrogen (secondary N) is 2. The van der Waals surface area contributed by atoms with E-state index in [1.54, 1.807) is 36.4 Å². The van der Waals surface area contributed by atoms with Crippen molar-refractivity contribution >= 4 is 45.6 Å². The largest absolute Gasteiger partial charge is 0.323 e. The normalized spacial score (nSPS) is 12.8. The molecule has 2 N–H and O–H groups in total. The third kappa shape index (κ3) is 5.00. The van der Waals surface area contributed by atoms with Crippen LogP contribution in [0.5, 0.6) is 0 Å². The third-order valence-corrected chi connectivity index (χ3v) is 6.13. The zero-order valence-corrected chi connectivity index (χ0v) is 18.2. The first-order valence-electron chi connectivity index (χ1n) is 10.1. The predicted molar refractivity (Wildman–Crippen MR) is 121 cm³/mol. The lowest BCUT2D eigenvalue weighted by molar-refractivity contribution is -0.124. The molecule has 0 saturated carbocycles. The van der Waals surface area contributed by atoms with Crippen LogP contribution in [0.2, 0.25) is 0 Å². The molecule has 7 nitrogen and oxygen atoms in total. The number of para-hydroxylation sites is 2. The summed E-state index contributed by atoms with van der Waals surface area (Å²) in [6, 6.07) is 13.3. The van der Waals surface area contributed by atoms with Crippen molar-refractivity contribution in [2.75, 3.05) is 22.1 Å². The first-order chi connectivity index (χ1) is 15.4. The molecule has 2 heterocycles. The van der Waals surface area contributed by atoms with Crippen LogP contribution < -0.4 is 15.5 Å². The highest BCUT2D eigenvalue weighted by molar-refractivity contribution is 7.15. The molecular formula is C23H21FN4O3S. The van der Waals surface area contributed by atoms with Crippen molar-refractivity contribution in [1.82, 2.24) is 4.98 Å². The fourth-order valence-electron chi connectivity index (χ4n) is 3.43. The molecule has 0 atom stereocenters. The highest BCUT2D eigenvalue weighted by Gasteiger charge is 2.26. The summed E-state index contributed by atoms with van der Waals surface area (Å²) >= 11 is 1.36. The number of thiazole rings is 1. The Balaban J connectivity index is 1.34. The minimum Gasteiger partial charge on any atom is -0.323 e. The van der Waals surface area contributed by atoms with Crippen molar-refractivity contribution in [2.24, 2.45) is 0 Å². The summed E-state index contributed by atoms with van der Waals surface area (Å²) in [5.41, 5.74) is 2.95. The van der Waals surface area contributed by atoms with E-state index in [1.165, 1.54) is 28.4 Å². The number of aromatic nitrogens is 1. The maximum atomic E-state index is 13.1. The van der Waals surface area contributed by atoms with Crippen molar-refractivity contribution in [3.05, 3.63) is 70.5 Å². The van der Waals surface area contributed by atoms with Gasteiger partial charge < -0.3 is 15.5 Å². The minimum atomic E-state index is -0.324. The summed E-state index contributed by atoms with van der Waals surface area (Å²) in [7, 11) is 0. The van der Waals surface area contributed by atoms with Gasteiger partial charge in [0.1, 0.15) is 12.4 Å². The topological polar surface area (TPSA) is 91.4 Å². The molecule has 3 aromatic rings. The SMILES string of the molecule is Cc1nc(NC(=O)CCC(=O)N2CC(=O)Nc3ccccc32)sc1Cc1ccc(F)cc1. The smallest absolute Gasteiger partial charge is 0.244 e. The van der Waals surface area contributed by atoms with Crippen molar-refractivity contribution in [3.63, 3.8) is 0 Å². The Morgan fingerprint density at radius 1 is 1.16 bits per heavy atom. The summed E-state index contributed by atoms with van der Waals surface area (Å²) in [6.45, 7) is 1.78. The molecule has 0 unspecified atom stereocenters. The van der Waals surface area contributed by atoms with Crippen LogP contribution >= 0.6 is 11.3 Å². The highest BCUT2D eigenvalue weighted by atomic mass is 32.1. The van der Waals surface area contributed by atoms with E-state index >= 15 is 0 Å². The number of hydrogen-bond donors (Lipinski definition) is 2. The van der Waals surface area contributed by atoms with Crippen molar-refractivity contribution in [2.45, 2.75) is 26.2 Å². The maximum Gasteiger partial charge on any atom is 0.244 e. The Bertz CT molecular complexity index is 1180. The van der Waals surface area contributed by atoms with Gasteiger partial charge in [-0.3, -0.25) is 14.4 Å². The van der Waals surface area contributed by atoms with Crippen LogP contribution in [0.4, 0.5) is 20.9 Å². The van der Waals surface area contributed by atoms with Gasteiger partial charge in [0.25, 0.3) is 0 Å². The van der Waals surface area contributed by atoms with Crippen LogP contribution in [-0.4, -0.2) is 29.3 Å². The van der Waals surface area contributed by atoms with E-state index in [0.29, 0.717) is 22.9 Å². The average Bonchev–Trinajstić information content (AvgIpc) is 3.11. The molecular weight excluding hydrogens is 431 g/mol. The summed E-state index contributed by atoms with van der Waals surface area (Å²) in [5.74, 6) is -1.18. The number of carbonyl (C=O) groups is 3. The van der Waals surface area contributed by atoms with Gasteiger partial charge in [-0.1, -0.05) is 24.3 Å². The molecule has 1 aliphatic rings. The molecule has 164 valence electrons. The monoisotopic (exact) mass is 452 g/mol. The van der Waals surface area contributed by atoms with Gasteiger partial charge in [-0.05, 0) is 36.8 Å². The number of benzene rings is 2. The lowest BCUT2D eigenvalue weighted by Crippen LogP contribution is -2.42. The number of rotatable bonds is 6. The zero-order valence-electron chi connectivity index (χ0n) is 17.4. The lowest BCUT2D eigenvalue weighted by Gasteiger charge is -2.29. The highest BCUT2D eigenvalue weighted by Crippen LogP contribution is 2.30. The van der Waals surface area contributed by atoms with Crippen LogP contribution in [0.3, 0.4) is 0 Å². The number of aryl methyl sites for hydroxylation is 1. The molecule has 0 fully saturated rings. The van der Waals surface area contributed by atoms with Gasteiger partial charge in [-0.25, -0.2) is 9.37 Å². The molecule has 2 aromatic carbocycles. The average molecular weight is 453 g/mol. The van der Waals surface area contributed by atoms with Gasteiger partial charge in [0.15, 0.2) is 5.13 Å². The summed E-state index contributed by atoms with van der Waals surface area (Å²) in [5, 5.41) is 5.93. The van der Waals surface area contributed by atoms with Crippen molar-refractivity contribution in [3.8, 4) is 0 Å². The van der Waals surface area contributed by atoms with Crippen molar-refractivity contribution in [1.29, 1.82) is 0 Å². The number of fused-ring (bicyclic) bond motifs is 1. The van der Waals surface area contributed by atoms with E-state index in [9.17, 15) is 18.8 Å². The van der Waals surface area contributed by atoms with Gasteiger partial charge in [0.05, 0.1) is 17.1 Å². The van der Waals surface area contributed by atoms with Crippen LogP contribution in [0.15, 0.2) is 48.5 Å². The number of carbonyl (C=O) groups excluding carboxylic acids is 3. The molecule has 0 aliphatic carbocycles. The minimum absolute atomic E-state index is 0.0228. The number of nitrogens with zero attached hydrogens (tertiary/aromatic N) is 2. The van der Waals surface area contributed by atoms with E-state index in [0.717, 1.165) is 16.1 Å². The van der Waals surface area contributed by atoms with Crippen LogP contribution in [0.25, 0.3) is 0 Å². The molecule has 0 radical (unpaired) electrons. The van der Waals surface area contributed by atoms with Gasteiger partial charge >= 0.3 is 0 Å². The molecule has 1 aromatic heterocycles. The zero-order chi connectivity index (χ0) is 22.7. The van der Waals surface area contributed by atoms with Crippen molar-refractivity contribution < 1.29 is 18.8 Å². The van der Waals surface area contributed by atoms with Crippen LogP contribution in [0.1, 0.15) is 29.0 Å². The van der Waals surface area contributed by atoms with Gasteiger partial charge in [0.2, 0.25) is 17.7 Å². The Kier molecular flexibility index (Phi) is 6.27. The van der Waals surface area contributed by atoms with E-state index in [-0.39, 0.29) is 42.9 Å². The fourth-order valence-corrected chi connectivity index (χ4v) is 4.44. The summed E-state index contributed by atoms with van der Waals surface area (Å²) < 4.78 is 13.1. The Morgan fingerprint density at radius 2 is 1.91 bits per heavy atom. The van der Waals surface area contributed by atoms with E-state index in [4.69, 9.17) is 0 Å². The fraction of sp³-hybridized carbons (Fsp3) is 0.217.